The standard InChI is InChI=1S/C14H30N2/c1-5-14-9-7-8-10-16(14)13(4)12(3)11-15-6-2/h12-15H,5-11H2,1-4H3. The highest BCUT2D eigenvalue weighted by Crippen LogP contribution is 2.24. The average Bonchev–Trinajstić information content (AvgIpc) is 2.34. The molecule has 1 aliphatic heterocycles. The molecular weight excluding hydrogens is 196 g/mol. The molecule has 2 nitrogen and oxygen atoms in total. The molecular formula is C14H30N2. The highest BCUT2D eigenvalue weighted by Gasteiger charge is 2.27. The van der Waals surface area contributed by atoms with Crippen LogP contribution < -0.4 is 5.32 Å². The van der Waals surface area contributed by atoms with Gasteiger partial charge in [0.1, 0.15) is 0 Å². The van der Waals surface area contributed by atoms with Crippen LogP contribution in [0, 0.1) is 5.92 Å². The topological polar surface area (TPSA) is 15.3 Å². The van der Waals surface area contributed by atoms with Crippen LogP contribution in [0.5, 0.6) is 0 Å². The Morgan fingerprint density at radius 1 is 1.25 bits per heavy atom. The zero-order chi connectivity index (χ0) is 12.0. The number of nitrogens with zero attached hydrogens (tertiary/aromatic N) is 1. The maximum atomic E-state index is 3.47. The largest absolute Gasteiger partial charge is 0.317 e. The molecule has 0 spiro atoms. The lowest BCUT2D eigenvalue weighted by Crippen LogP contribution is -2.49. The summed E-state index contributed by atoms with van der Waals surface area (Å²) in [4.78, 5) is 2.76. The summed E-state index contributed by atoms with van der Waals surface area (Å²) < 4.78 is 0. The summed E-state index contributed by atoms with van der Waals surface area (Å²) >= 11 is 0. The van der Waals surface area contributed by atoms with Crippen LogP contribution >= 0.6 is 0 Å². The summed E-state index contributed by atoms with van der Waals surface area (Å²) in [5.41, 5.74) is 0. The molecule has 0 amide bonds. The minimum Gasteiger partial charge on any atom is -0.317 e. The summed E-state index contributed by atoms with van der Waals surface area (Å²) in [5, 5.41) is 3.47. The summed E-state index contributed by atoms with van der Waals surface area (Å²) in [6, 6.07) is 1.57. The lowest BCUT2D eigenvalue weighted by molar-refractivity contribution is 0.0723. The Balaban J connectivity index is 2.45. The molecule has 1 rings (SSSR count). The second-order valence-electron chi connectivity index (χ2n) is 5.32. The van der Waals surface area contributed by atoms with Crippen LogP contribution in [0.4, 0.5) is 0 Å². The van der Waals surface area contributed by atoms with Gasteiger partial charge in [0, 0.05) is 12.1 Å². The van der Waals surface area contributed by atoms with Gasteiger partial charge in [-0.05, 0) is 51.7 Å². The van der Waals surface area contributed by atoms with Gasteiger partial charge in [0.05, 0.1) is 0 Å². The van der Waals surface area contributed by atoms with E-state index in [-0.39, 0.29) is 0 Å². The fraction of sp³-hybridized carbons (Fsp3) is 1.00. The molecule has 3 atom stereocenters. The molecule has 0 aliphatic carbocycles. The molecule has 1 N–H and O–H groups in total. The van der Waals surface area contributed by atoms with Gasteiger partial charge in [-0.1, -0.05) is 27.2 Å². The first-order valence-corrected chi connectivity index (χ1v) is 7.17. The van der Waals surface area contributed by atoms with Crippen molar-refractivity contribution < 1.29 is 0 Å². The van der Waals surface area contributed by atoms with Crippen molar-refractivity contribution in [3.05, 3.63) is 0 Å². The average molecular weight is 226 g/mol. The van der Waals surface area contributed by atoms with Crippen LogP contribution in [-0.4, -0.2) is 36.6 Å². The predicted octanol–water partition coefficient (Wildman–Crippen LogP) is 2.89. The maximum Gasteiger partial charge on any atom is 0.0108 e. The molecule has 1 heterocycles. The van der Waals surface area contributed by atoms with Crippen LogP contribution in [0.2, 0.25) is 0 Å². The molecule has 0 saturated carbocycles. The van der Waals surface area contributed by atoms with E-state index >= 15 is 0 Å². The molecule has 0 aromatic heterocycles. The van der Waals surface area contributed by atoms with Crippen molar-refractivity contribution in [2.75, 3.05) is 19.6 Å². The normalized spacial score (nSPS) is 26.6. The van der Waals surface area contributed by atoms with Crippen LogP contribution in [0.3, 0.4) is 0 Å². The Bertz CT molecular complexity index is 182. The summed E-state index contributed by atoms with van der Waals surface area (Å²) in [5.74, 6) is 0.757. The smallest absolute Gasteiger partial charge is 0.0108 e. The first kappa shape index (κ1) is 14.0. The number of piperidine rings is 1. The zero-order valence-electron chi connectivity index (χ0n) is 11.6. The van der Waals surface area contributed by atoms with Crippen LogP contribution in [-0.2, 0) is 0 Å². The lowest BCUT2D eigenvalue weighted by atomic mass is 9.93. The van der Waals surface area contributed by atoms with E-state index < -0.39 is 0 Å². The van der Waals surface area contributed by atoms with Gasteiger partial charge in [-0.2, -0.15) is 0 Å². The molecule has 1 saturated heterocycles. The van der Waals surface area contributed by atoms with E-state index in [1.165, 1.54) is 32.2 Å². The quantitative estimate of drug-likeness (QED) is 0.749. The van der Waals surface area contributed by atoms with Gasteiger partial charge in [-0.3, -0.25) is 4.90 Å². The highest BCUT2D eigenvalue weighted by molar-refractivity contribution is 4.83. The van der Waals surface area contributed by atoms with Crippen molar-refractivity contribution in [1.82, 2.24) is 10.2 Å². The summed E-state index contributed by atoms with van der Waals surface area (Å²) in [6.45, 7) is 12.9. The van der Waals surface area contributed by atoms with E-state index in [2.05, 4.69) is 37.9 Å². The Kier molecular flexibility index (Phi) is 6.37. The number of likely N-dealkylation sites (tertiary alicyclic amines) is 1. The monoisotopic (exact) mass is 226 g/mol. The number of hydrogen-bond acceptors (Lipinski definition) is 2. The first-order valence-electron chi connectivity index (χ1n) is 7.17. The van der Waals surface area contributed by atoms with E-state index in [1.807, 2.05) is 0 Å². The molecule has 0 aromatic rings. The fourth-order valence-corrected chi connectivity index (χ4v) is 2.87. The number of hydrogen-bond donors (Lipinski definition) is 1. The van der Waals surface area contributed by atoms with Gasteiger partial charge < -0.3 is 5.32 Å². The zero-order valence-corrected chi connectivity index (χ0v) is 11.6. The van der Waals surface area contributed by atoms with Gasteiger partial charge in [0.2, 0.25) is 0 Å². The Morgan fingerprint density at radius 2 is 2.00 bits per heavy atom. The van der Waals surface area contributed by atoms with Gasteiger partial charge in [-0.25, -0.2) is 0 Å². The highest BCUT2D eigenvalue weighted by atomic mass is 15.2. The van der Waals surface area contributed by atoms with Crippen molar-refractivity contribution >= 4 is 0 Å². The maximum absolute atomic E-state index is 3.47. The second-order valence-corrected chi connectivity index (χ2v) is 5.32. The minimum atomic E-state index is 0.726. The molecule has 0 radical (unpaired) electrons. The molecule has 16 heavy (non-hydrogen) atoms. The van der Waals surface area contributed by atoms with Gasteiger partial charge in [-0.15, -0.1) is 0 Å². The van der Waals surface area contributed by atoms with Crippen LogP contribution in [0.25, 0.3) is 0 Å². The van der Waals surface area contributed by atoms with Crippen LogP contribution in [0.15, 0.2) is 0 Å². The Morgan fingerprint density at radius 3 is 2.62 bits per heavy atom. The third-order valence-corrected chi connectivity index (χ3v) is 4.21. The molecule has 96 valence electrons. The van der Waals surface area contributed by atoms with Crippen molar-refractivity contribution in [3.8, 4) is 0 Å². The van der Waals surface area contributed by atoms with Crippen molar-refractivity contribution in [3.63, 3.8) is 0 Å². The van der Waals surface area contributed by atoms with E-state index in [1.54, 1.807) is 0 Å². The summed E-state index contributed by atoms with van der Waals surface area (Å²) in [7, 11) is 0. The predicted molar refractivity (Wildman–Crippen MR) is 71.8 cm³/mol. The molecule has 2 heteroatoms. The SMILES string of the molecule is CCNCC(C)C(C)N1CCCCC1CC. The second kappa shape index (κ2) is 7.29. The molecule has 0 aromatic carbocycles. The van der Waals surface area contributed by atoms with Crippen molar-refractivity contribution in [2.45, 2.75) is 65.5 Å². The molecule has 3 unspecified atom stereocenters. The van der Waals surface area contributed by atoms with E-state index in [4.69, 9.17) is 0 Å². The molecule has 0 bridgehead atoms. The number of nitrogens with one attached hydrogen (secondary N) is 1. The number of rotatable bonds is 6. The fourth-order valence-electron chi connectivity index (χ4n) is 2.87. The van der Waals surface area contributed by atoms with E-state index in [9.17, 15) is 0 Å². The van der Waals surface area contributed by atoms with Crippen molar-refractivity contribution in [2.24, 2.45) is 5.92 Å². The van der Waals surface area contributed by atoms with Gasteiger partial charge in [0.25, 0.3) is 0 Å². The van der Waals surface area contributed by atoms with Gasteiger partial charge in [0.15, 0.2) is 0 Å². The van der Waals surface area contributed by atoms with Gasteiger partial charge >= 0.3 is 0 Å². The molecule has 1 aliphatic rings. The third-order valence-electron chi connectivity index (χ3n) is 4.21. The molecule has 1 fully saturated rings. The van der Waals surface area contributed by atoms with Crippen LogP contribution in [0.1, 0.15) is 53.4 Å². The lowest BCUT2D eigenvalue weighted by Gasteiger charge is -2.42. The Labute approximate surface area is 102 Å². The third kappa shape index (κ3) is 3.74. The van der Waals surface area contributed by atoms with E-state index in [0.717, 1.165) is 31.1 Å². The summed E-state index contributed by atoms with van der Waals surface area (Å²) in [6.07, 6.45) is 5.56. The Hall–Kier alpha value is -0.0800. The minimum absolute atomic E-state index is 0.726. The van der Waals surface area contributed by atoms with Crippen molar-refractivity contribution in [1.29, 1.82) is 0 Å². The van der Waals surface area contributed by atoms with E-state index in [0.29, 0.717) is 0 Å². The first-order chi connectivity index (χ1) is 7.70.